The predicted molar refractivity (Wildman–Crippen MR) is 109 cm³/mol. The molecule has 0 saturated heterocycles. The van der Waals surface area contributed by atoms with E-state index in [2.05, 4.69) is 9.98 Å². The van der Waals surface area contributed by atoms with Crippen LogP contribution in [0.3, 0.4) is 0 Å². The van der Waals surface area contributed by atoms with E-state index in [9.17, 15) is 17.3 Å². The number of para-hydroxylation sites is 2. The molecule has 1 aromatic carbocycles. The highest BCUT2D eigenvalue weighted by Crippen LogP contribution is 2.41. The lowest BCUT2D eigenvalue weighted by atomic mass is 9.91. The molecule has 1 aliphatic heterocycles. The summed E-state index contributed by atoms with van der Waals surface area (Å²) in [6.45, 7) is 0. The van der Waals surface area contributed by atoms with Gasteiger partial charge in [-0.05, 0) is 61.1 Å². The lowest BCUT2D eigenvalue weighted by Crippen LogP contribution is -2.24. The number of allylic oxidation sites excluding steroid dienone is 2. The molecule has 2 aliphatic carbocycles. The molecule has 6 rings (SSSR count). The zero-order chi connectivity index (χ0) is 20.6. The van der Waals surface area contributed by atoms with Crippen LogP contribution < -0.4 is 0 Å². The first-order valence-electron chi connectivity index (χ1n) is 9.82. The van der Waals surface area contributed by atoms with E-state index < -0.39 is 14.8 Å². The van der Waals surface area contributed by atoms with Gasteiger partial charge in [-0.15, -0.1) is 0 Å². The molecule has 1 fully saturated rings. The molecule has 30 heavy (non-hydrogen) atoms. The van der Waals surface area contributed by atoms with Gasteiger partial charge in [-0.3, -0.25) is 22.3 Å². The standard InChI is InChI=1S/C20H14B2F4N4/c23-21(24)29-16-8-6-12(16)10-18(29)19(15-9-11-5-7-13(11)27-15)20-28-14-3-1-2-4-17(14)30(20)22(25)26/h1-4,9-10H,5-8H2/b19-15-. The van der Waals surface area contributed by atoms with E-state index in [4.69, 9.17) is 0 Å². The number of aliphatic imine (C=N–C) groups is 1. The van der Waals surface area contributed by atoms with Crippen LogP contribution in [0.15, 0.2) is 52.7 Å². The molecular weight excluding hydrogens is 394 g/mol. The van der Waals surface area contributed by atoms with E-state index in [1.165, 1.54) is 0 Å². The van der Waals surface area contributed by atoms with E-state index in [-0.39, 0.29) is 22.6 Å². The summed E-state index contributed by atoms with van der Waals surface area (Å²) in [5, 5.41) is 0. The molecular formula is C20H14B2F4N4. The maximum absolute atomic E-state index is 14.2. The van der Waals surface area contributed by atoms with Crippen molar-refractivity contribution in [1.82, 2.24) is 13.9 Å². The van der Waals surface area contributed by atoms with Gasteiger partial charge in [-0.1, -0.05) is 12.1 Å². The third-order valence-corrected chi connectivity index (χ3v) is 6.15. The average molecular weight is 408 g/mol. The number of rotatable bonds is 4. The molecule has 0 atom stereocenters. The first-order valence-corrected chi connectivity index (χ1v) is 9.82. The van der Waals surface area contributed by atoms with Crippen molar-refractivity contribution >= 4 is 37.1 Å². The molecule has 1 saturated carbocycles. The molecule has 0 spiro atoms. The SMILES string of the molecule is FB(F)n1c(/C(=C2\C=C3CCC3=N2)c2nc3ccccc3n2B(F)F)cc2c1CC2. The zero-order valence-electron chi connectivity index (χ0n) is 15.7. The molecule has 0 bridgehead atoms. The average Bonchev–Trinajstić information content (AvgIpc) is 3.28. The van der Waals surface area contributed by atoms with E-state index in [0.29, 0.717) is 29.7 Å². The fourth-order valence-corrected chi connectivity index (χ4v) is 4.52. The highest BCUT2D eigenvalue weighted by molar-refractivity contribution is 6.43. The molecule has 10 heteroatoms. The van der Waals surface area contributed by atoms with Gasteiger partial charge in [0.05, 0.1) is 22.3 Å². The number of hydrogen-bond donors (Lipinski definition) is 0. The number of imidazole rings is 1. The summed E-state index contributed by atoms with van der Waals surface area (Å²) >= 11 is 0. The Morgan fingerprint density at radius 1 is 0.933 bits per heavy atom. The summed E-state index contributed by atoms with van der Waals surface area (Å²) in [4.78, 5) is 9.04. The summed E-state index contributed by atoms with van der Waals surface area (Å²) in [5.74, 6) is -0.0388. The van der Waals surface area contributed by atoms with E-state index in [0.717, 1.165) is 38.6 Å². The van der Waals surface area contributed by atoms with Crippen molar-refractivity contribution in [3.8, 4) is 0 Å². The number of halogens is 4. The Balaban J connectivity index is 1.70. The largest absolute Gasteiger partial charge is 0.679 e. The molecule has 0 radical (unpaired) electrons. The monoisotopic (exact) mass is 408 g/mol. The maximum Gasteiger partial charge on any atom is 0.679 e. The molecule has 0 unspecified atom stereocenters. The minimum Gasteiger partial charge on any atom is -0.328 e. The Labute approximate surface area is 170 Å². The molecule has 3 aromatic rings. The Bertz CT molecular complexity index is 1290. The smallest absolute Gasteiger partial charge is 0.328 e. The summed E-state index contributed by atoms with van der Waals surface area (Å²) in [6.07, 6.45) is 4.73. The van der Waals surface area contributed by atoms with Crippen molar-refractivity contribution in [2.45, 2.75) is 25.7 Å². The van der Waals surface area contributed by atoms with Gasteiger partial charge in [0.1, 0.15) is 5.82 Å². The Morgan fingerprint density at radius 3 is 2.33 bits per heavy atom. The van der Waals surface area contributed by atoms with E-state index in [1.807, 2.05) is 6.08 Å². The Kier molecular flexibility index (Phi) is 3.70. The summed E-state index contributed by atoms with van der Waals surface area (Å²) < 4.78 is 58.2. The summed E-state index contributed by atoms with van der Waals surface area (Å²) in [7, 11) is -5.65. The van der Waals surface area contributed by atoms with Crippen LogP contribution in [0.2, 0.25) is 0 Å². The van der Waals surface area contributed by atoms with Gasteiger partial charge in [0.2, 0.25) is 0 Å². The fraction of sp³-hybridized carbons (Fsp3) is 0.200. The molecule has 148 valence electrons. The number of benzene rings is 1. The second-order valence-corrected chi connectivity index (χ2v) is 7.71. The molecule has 0 N–H and O–H groups in total. The van der Waals surface area contributed by atoms with Crippen molar-refractivity contribution in [2.75, 3.05) is 0 Å². The molecule has 2 aromatic heterocycles. The third-order valence-electron chi connectivity index (χ3n) is 6.15. The van der Waals surface area contributed by atoms with Gasteiger partial charge in [0, 0.05) is 17.1 Å². The number of hydrogen-bond acceptors (Lipinski definition) is 2. The van der Waals surface area contributed by atoms with Gasteiger partial charge < -0.3 is 8.96 Å². The van der Waals surface area contributed by atoms with Gasteiger partial charge in [-0.2, -0.15) is 0 Å². The predicted octanol–water partition coefficient (Wildman–Crippen LogP) is 4.41. The van der Waals surface area contributed by atoms with Crippen molar-refractivity contribution < 1.29 is 17.3 Å². The number of aromatic nitrogens is 3. The topological polar surface area (TPSA) is 35.1 Å². The normalized spacial score (nSPS) is 18.3. The number of fused-ring (bicyclic) bond motifs is 3. The van der Waals surface area contributed by atoms with Gasteiger partial charge >= 0.3 is 14.8 Å². The molecule has 4 nitrogen and oxygen atoms in total. The van der Waals surface area contributed by atoms with Crippen molar-refractivity contribution in [3.63, 3.8) is 0 Å². The molecule has 0 amide bonds. The number of aryl methyl sites for hydroxylation is 1. The van der Waals surface area contributed by atoms with Crippen LogP contribution in [-0.4, -0.2) is 34.5 Å². The van der Waals surface area contributed by atoms with Crippen LogP contribution >= 0.6 is 0 Å². The molecule has 3 aliphatic rings. The van der Waals surface area contributed by atoms with Crippen molar-refractivity contribution in [3.05, 3.63) is 70.5 Å². The van der Waals surface area contributed by atoms with Crippen LogP contribution in [-0.2, 0) is 12.8 Å². The number of nitrogens with zero attached hydrogens (tertiary/aromatic N) is 4. The van der Waals surface area contributed by atoms with Gasteiger partial charge in [0.25, 0.3) is 0 Å². The second-order valence-electron chi connectivity index (χ2n) is 7.71. The maximum atomic E-state index is 14.2. The van der Waals surface area contributed by atoms with Crippen LogP contribution in [0.5, 0.6) is 0 Å². The van der Waals surface area contributed by atoms with Crippen LogP contribution in [0.25, 0.3) is 16.6 Å². The highest BCUT2D eigenvalue weighted by Gasteiger charge is 2.37. The Hall–Kier alpha value is -3.03. The van der Waals surface area contributed by atoms with Crippen LogP contribution in [0, 0.1) is 0 Å². The second kappa shape index (κ2) is 6.23. The summed E-state index contributed by atoms with van der Waals surface area (Å²) in [5.41, 5.74) is 4.81. The van der Waals surface area contributed by atoms with Gasteiger partial charge in [0.15, 0.2) is 0 Å². The quantitative estimate of drug-likeness (QED) is 0.466. The highest BCUT2D eigenvalue weighted by atomic mass is 19.2. The first kappa shape index (κ1) is 17.8. The lowest BCUT2D eigenvalue weighted by Gasteiger charge is -2.18. The Morgan fingerprint density at radius 2 is 1.73 bits per heavy atom. The zero-order valence-corrected chi connectivity index (χ0v) is 15.7. The van der Waals surface area contributed by atoms with E-state index in [1.54, 1.807) is 30.3 Å². The summed E-state index contributed by atoms with van der Waals surface area (Å²) in [6, 6.07) is 8.25. The minimum absolute atomic E-state index is 0.0388. The third kappa shape index (κ3) is 2.36. The van der Waals surface area contributed by atoms with Crippen LogP contribution in [0.4, 0.5) is 17.3 Å². The fourth-order valence-electron chi connectivity index (χ4n) is 4.52. The van der Waals surface area contributed by atoms with E-state index >= 15 is 0 Å². The van der Waals surface area contributed by atoms with Gasteiger partial charge in [-0.25, -0.2) is 4.98 Å². The lowest BCUT2D eigenvalue weighted by molar-refractivity contribution is 0.610. The van der Waals surface area contributed by atoms with Crippen LogP contribution in [0.1, 0.15) is 35.6 Å². The molecule has 3 heterocycles. The van der Waals surface area contributed by atoms with Crippen molar-refractivity contribution in [2.24, 2.45) is 4.99 Å². The first-order chi connectivity index (χ1) is 14.5. The minimum atomic E-state index is -2.87. The van der Waals surface area contributed by atoms with Crippen molar-refractivity contribution in [1.29, 1.82) is 0 Å².